The third-order valence-corrected chi connectivity index (χ3v) is 2.76. The summed E-state index contributed by atoms with van der Waals surface area (Å²) in [5, 5.41) is 2.76. The molecule has 2 aromatic rings. The molecular weight excluding hydrogens is 278 g/mol. The van der Waals surface area contributed by atoms with Gasteiger partial charge in [0.15, 0.2) is 0 Å². The first-order valence-corrected chi connectivity index (χ1v) is 6.30. The van der Waals surface area contributed by atoms with Crippen molar-refractivity contribution in [1.29, 1.82) is 0 Å². The number of nitrogen functional groups attached to an aromatic ring is 1. The molecule has 0 fully saturated rings. The molecule has 0 aromatic heterocycles. The molecule has 2 rings (SSSR count). The molecule has 6 heteroatoms. The summed E-state index contributed by atoms with van der Waals surface area (Å²) in [6.45, 7) is 1.85. The SMILES string of the molecule is CCOC(=O)c1cc(Nc2ccc(F)cc2)c(F)cc1N. The third-order valence-electron chi connectivity index (χ3n) is 2.76. The highest BCUT2D eigenvalue weighted by atomic mass is 19.1. The number of rotatable bonds is 4. The van der Waals surface area contributed by atoms with Crippen molar-refractivity contribution in [2.45, 2.75) is 6.92 Å². The van der Waals surface area contributed by atoms with Crippen LogP contribution in [-0.2, 0) is 4.74 Å². The molecule has 0 saturated heterocycles. The van der Waals surface area contributed by atoms with Crippen LogP contribution in [-0.4, -0.2) is 12.6 Å². The molecule has 0 unspecified atom stereocenters. The molecule has 0 heterocycles. The predicted octanol–water partition coefficient (Wildman–Crippen LogP) is 3.47. The molecule has 0 radical (unpaired) electrons. The number of nitrogens with one attached hydrogen (secondary N) is 1. The Morgan fingerprint density at radius 1 is 1.24 bits per heavy atom. The molecular formula is C15H14F2N2O2. The van der Waals surface area contributed by atoms with Crippen LogP contribution >= 0.6 is 0 Å². The van der Waals surface area contributed by atoms with E-state index in [0.29, 0.717) is 5.69 Å². The highest BCUT2D eigenvalue weighted by Gasteiger charge is 2.15. The lowest BCUT2D eigenvalue weighted by atomic mass is 10.1. The van der Waals surface area contributed by atoms with Crippen molar-refractivity contribution >= 4 is 23.0 Å². The Morgan fingerprint density at radius 2 is 1.90 bits per heavy atom. The van der Waals surface area contributed by atoms with Gasteiger partial charge in [-0.2, -0.15) is 0 Å². The number of carbonyl (C=O) groups is 1. The molecule has 0 spiro atoms. The molecule has 0 amide bonds. The van der Waals surface area contributed by atoms with Crippen LogP contribution in [0.5, 0.6) is 0 Å². The number of nitrogens with two attached hydrogens (primary N) is 1. The number of anilines is 3. The average Bonchev–Trinajstić information content (AvgIpc) is 2.44. The van der Waals surface area contributed by atoms with Crippen molar-refractivity contribution in [3.05, 3.63) is 53.6 Å². The number of ether oxygens (including phenoxy) is 1. The largest absolute Gasteiger partial charge is 0.462 e. The van der Waals surface area contributed by atoms with E-state index in [-0.39, 0.29) is 23.5 Å². The summed E-state index contributed by atoms with van der Waals surface area (Å²) < 4.78 is 31.6. The fourth-order valence-electron chi connectivity index (χ4n) is 1.76. The quantitative estimate of drug-likeness (QED) is 0.669. The van der Waals surface area contributed by atoms with Crippen LogP contribution < -0.4 is 11.1 Å². The van der Waals surface area contributed by atoms with Crippen LogP contribution in [0, 0.1) is 11.6 Å². The number of hydrogen-bond acceptors (Lipinski definition) is 4. The van der Waals surface area contributed by atoms with Crippen molar-refractivity contribution in [3.8, 4) is 0 Å². The minimum atomic E-state index is -0.628. The predicted molar refractivity (Wildman–Crippen MR) is 76.5 cm³/mol. The summed E-state index contributed by atoms with van der Waals surface area (Å²) in [7, 11) is 0. The summed E-state index contributed by atoms with van der Waals surface area (Å²) in [4.78, 5) is 11.7. The maximum Gasteiger partial charge on any atom is 0.340 e. The summed E-state index contributed by atoms with van der Waals surface area (Å²) in [6, 6.07) is 7.70. The average molecular weight is 292 g/mol. The fourth-order valence-corrected chi connectivity index (χ4v) is 1.76. The van der Waals surface area contributed by atoms with E-state index in [1.165, 1.54) is 30.3 Å². The highest BCUT2D eigenvalue weighted by molar-refractivity contribution is 5.96. The van der Waals surface area contributed by atoms with Crippen molar-refractivity contribution in [1.82, 2.24) is 0 Å². The molecule has 21 heavy (non-hydrogen) atoms. The first kappa shape index (κ1) is 14.8. The van der Waals surface area contributed by atoms with E-state index in [2.05, 4.69) is 5.32 Å². The van der Waals surface area contributed by atoms with Crippen molar-refractivity contribution in [2.24, 2.45) is 0 Å². The smallest absolute Gasteiger partial charge is 0.340 e. The van der Waals surface area contributed by atoms with Gasteiger partial charge in [0.2, 0.25) is 0 Å². The van der Waals surface area contributed by atoms with E-state index in [1.807, 2.05) is 0 Å². The lowest BCUT2D eigenvalue weighted by molar-refractivity contribution is 0.0527. The lowest BCUT2D eigenvalue weighted by Gasteiger charge is -2.11. The maximum atomic E-state index is 13.9. The Morgan fingerprint density at radius 3 is 2.52 bits per heavy atom. The van der Waals surface area contributed by atoms with E-state index in [0.717, 1.165) is 6.07 Å². The van der Waals surface area contributed by atoms with E-state index in [9.17, 15) is 13.6 Å². The van der Waals surface area contributed by atoms with Crippen molar-refractivity contribution in [2.75, 3.05) is 17.7 Å². The molecule has 4 nitrogen and oxygen atoms in total. The van der Waals surface area contributed by atoms with Gasteiger partial charge in [0, 0.05) is 11.4 Å². The molecule has 0 aliphatic rings. The summed E-state index contributed by atoms with van der Waals surface area (Å²) in [5.74, 6) is -1.65. The zero-order valence-electron chi connectivity index (χ0n) is 11.3. The Balaban J connectivity index is 2.32. The molecule has 0 bridgehead atoms. The van der Waals surface area contributed by atoms with Crippen LogP contribution in [0.3, 0.4) is 0 Å². The second-order valence-electron chi connectivity index (χ2n) is 4.27. The first-order chi connectivity index (χ1) is 10.0. The Hall–Kier alpha value is -2.63. The van der Waals surface area contributed by atoms with Gasteiger partial charge in [0.05, 0.1) is 17.9 Å². The van der Waals surface area contributed by atoms with E-state index in [1.54, 1.807) is 6.92 Å². The monoisotopic (exact) mass is 292 g/mol. The normalized spacial score (nSPS) is 10.2. The zero-order valence-corrected chi connectivity index (χ0v) is 11.3. The molecule has 2 aromatic carbocycles. The van der Waals surface area contributed by atoms with Gasteiger partial charge in [0.25, 0.3) is 0 Å². The molecule has 0 atom stereocenters. The summed E-state index contributed by atoms with van der Waals surface area (Å²) in [5.41, 5.74) is 6.22. The number of benzene rings is 2. The second kappa shape index (κ2) is 6.21. The number of halogens is 2. The molecule has 110 valence electrons. The Bertz CT molecular complexity index is 657. The second-order valence-corrected chi connectivity index (χ2v) is 4.27. The van der Waals surface area contributed by atoms with Gasteiger partial charge in [-0.3, -0.25) is 0 Å². The van der Waals surface area contributed by atoms with Gasteiger partial charge in [-0.1, -0.05) is 0 Å². The standard InChI is InChI=1S/C15H14F2N2O2/c1-2-21-15(20)11-7-14(12(17)8-13(11)18)19-10-5-3-9(16)4-6-10/h3-8,19H,2,18H2,1H3. The minimum Gasteiger partial charge on any atom is -0.462 e. The number of esters is 1. The van der Waals surface area contributed by atoms with Gasteiger partial charge in [-0.25, -0.2) is 13.6 Å². The van der Waals surface area contributed by atoms with E-state index in [4.69, 9.17) is 10.5 Å². The highest BCUT2D eigenvalue weighted by Crippen LogP contribution is 2.26. The Kier molecular flexibility index (Phi) is 4.37. The number of hydrogen-bond donors (Lipinski definition) is 2. The van der Waals surface area contributed by atoms with Crippen molar-refractivity contribution in [3.63, 3.8) is 0 Å². The van der Waals surface area contributed by atoms with Crippen LogP contribution in [0.15, 0.2) is 36.4 Å². The number of carbonyl (C=O) groups excluding carboxylic acids is 1. The summed E-state index contributed by atoms with van der Waals surface area (Å²) in [6.07, 6.45) is 0. The zero-order chi connectivity index (χ0) is 15.4. The topological polar surface area (TPSA) is 64.3 Å². The van der Waals surface area contributed by atoms with Crippen LogP contribution in [0.4, 0.5) is 25.8 Å². The van der Waals surface area contributed by atoms with Crippen LogP contribution in [0.25, 0.3) is 0 Å². The summed E-state index contributed by atoms with van der Waals surface area (Å²) >= 11 is 0. The molecule has 0 saturated carbocycles. The Labute approximate surface area is 120 Å². The molecule has 0 aliphatic carbocycles. The van der Waals surface area contributed by atoms with Crippen LogP contribution in [0.1, 0.15) is 17.3 Å². The van der Waals surface area contributed by atoms with Gasteiger partial charge >= 0.3 is 5.97 Å². The van der Waals surface area contributed by atoms with E-state index < -0.39 is 17.6 Å². The van der Waals surface area contributed by atoms with Gasteiger partial charge in [-0.15, -0.1) is 0 Å². The van der Waals surface area contributed by atoms with Gasteiger partial charge in [0.1, 0.15) is 11.6 Å². The van der Waals surface area contributed by atoms with Crippen molar-refractivity contribution < 1.29 is 18.3 Å². The maximum absolute atomic E-state index is 13.9. The molecule has 3 N–H and O–H groups in total. The van der Waals surface area contributed by atoms with Gasteiger partial charge < -0.3 is 15.8 Å². The first-order valence-electron chi connectivity index (χ1n) is 6.30. The third kappa shape index (κ3) is 3.47. The van der Waals surface area contributed by atoms with E-state index >= 15 is 0 Å². The lowest BCUT2D eigenvalue weighted by Crippen LogP contribution is -2.09. The minimum absolute atomic E-state index is 0.00407. The molecule has 0 aliphatic heterocycles. The van der Waals surface area contributed by atoms with Crippen LogP contribution in [0.2, 0.25) is 0 Å². The fraction of sp³-hybridized carbons (Fsp3) is 0.133. The van der Waals surface area contributed by atoms with Gasteiger partial charge in [-0.05, 0) is 43.3 Å².